The molecule has 0 amide bonds. The summed E-state index contributed by atoms with van der Waals surface area (Å²) < 4.78 is 0. The summed E-state index contributed by atoms with van der Waals surface area (Å²) in [6, 6.07) is 5.22. The van der Waals surface area contributed by atoms with E-state index in [-0.39, 0.29) is 0 Å². The number of nitrogens with zero attached hydrogens (tertiary/aromatic N) is 2. The maximum atomic E-state index is 4.78. The van der Waals surface area contributed by atoms with Crippen molar-refractivity contribution in [3.8, 4) is 0 Å². The Morgan fingerprint density at radius 2 is 1.91 bits per heavy atom. The van der Waals surface area contributed by atoms with E-state index >= 15 is 0 Å². The van der Waals surface area contributed by atoms with E-state index in [1.54, 1.807) is 0 Å². The van der Waals surface area contributed by atoms with Gasteiger partial charge in [0.15, 0.2) is 0 Å². The molecular formula is C19H30N2S. The lowest BCUT2D eigenvalue weighted by atomic mass is 9.96. The van der Waals surface area contributed by atoms with E-state index in [1.165, 1.54) is 81.5 Å². The third-order valence-electron chi connectivity index (χ3n) is 5.11. The molecule has 0 aromatic carbocycles. The number of piperidine rings is 1. The largest absolute Gasteiger partial charge is 0.296 e. The van der Waals surface area contributed by atoms with Gasteiger partial charge >= 0.3 is 0 Å². The number of hydrogen-bond acceptors (Lipinski definition) is 3. The Morgan fingerprint density at radius 3 is 2.64 bits per heavy atom. The van der Waals surface area contributed by atoms with Crippen molar-refractivity contribution in [2.24, 2.45) is 0 Å². The van der Waals surface area contributed by atoms with Crippen LogP contribution in [0.2, 0.25) is 0 Å². The molecule has 1 saturated carbocycles. The van der Waals surface area contributed by atoms with Crippen molar-refractivity contribution < 1.29 is 0 Å². The summed E-state index contributed by atoms with van der Waals surface area (Å²) in [6.45, 7) is 4.77. The van der Waals surface area contributed by atoms with Gasteiger partial charge in [0.25, 0.3) is 0 Å². The molecule has 2 aliphatic rings. The molecule has 22 heavy (non-hydrogen) atoms. The molecule has 0 bridgehead atoms. The van der Waals surface area contributed by atoms with Gasteiger partial charge in [-0.3, -0.25) is 4.90 Å². The molecule has 122 valence electrons. The third kappa shape index (κ3) is 4.26. The van der Waals surface area contributed by atoms with E-state index < -0.39 is 0 Å². The second kappa shape index (κ2) is 8.35. The predicted molar refractivity (Wildman–Crippen MR) is 95.4 cm³/mol. The van der Waals surface area contributed by atoms with E-state index in [2.05, 4.69) is 30.2 Å². The molecule has 1 unspecified atom stereocenters. The first-order chi connectivity index (χ1) is 10.9. The van der Waals surface area contributed by atoms with E-state index in [0.717, 1.165) is 5.25 Å². The molecule has 1 aliphatic carbocycles. The lowest BCUT2D eigenvalue weighted by molar-refractivity contribution is 0.148. The molecule has 2 fully saturated rings. The normalized spacial score (nSPS) is 24.5. The van der Waals surface area contributed by atoms with Crippen molar-refractivity contribution >= 4 is 11.8 Å². The van der Waals surface area contributed by atoms with Crippen LogP contribution < -0.4 is 0 Å². The summed E-state index contributed by atoms with van der Waals surface area (Å²) in [5.41, 5.74) is 1.43. The minimum Gasteiger partial charge on any atom is -0.296 e. The van der Waals surface area contributed by atoms with Crippen LogP contribution in [0.1, 0.15) is 76.3 Å². The van der Waals surface area contributed by atoms with Crippen LogP contribution in [0.25, 0.3) is 0 Å². The van der Waals surface area contributed by atoms with Crippen LogP contribution in [0.4, 0.5) is 0 Å². The van der Waals surface area contributed by atoms with Crippen LogP contribution in [0.3, 0.4) is 0 Å². The quantitative estimate of drug-likeness (QED) is 0.719. The molecule has 0 radical (unpaired) electrons. The monoisotopic (exact) mass is 318 g/mol. The summed E-state index contributed by atoms with van der Waals surface area (Å²) in [5, 5.41) is 2.03. The van der Waals surface area contributed by atoms with Crippen LogP contribution in [-0.4, -0.2) is 28.2 Å². The van der Waals surface area contributed by atoms with E-state index in [9.17, 15) is 0 Å². The first-order valence-corrected chi connectivity index (χ1v) is 10.1. The zero-order valence-electron chi connectivity index (χ0n) is 14.0. The first kappa shape index (κ1) is 16.3. The summed E-state index contributed by atoms with van der Waals surface area (Å²) in [4.78, 5) is 7.44. The topological polar surface area (TPSA) is 16.1 Å². The van der Waals surface area contributed by atoms with Gasteiger partial charge in [0.1, 0.15) is 0 Å². The van der Waals surface area contributed by atoms with Crippen molar-refractivity contribution in [1.29, 1.82) is 0 Å². The Morgan fingerprint density at radius 1 is 1.09 bits per heavy atom. The molecule has 0 N–H and O–H groups in total. The molecule has 1 aromatic rings. The molecule has 3 rings (SSSR count). The molecule has 2 heterocycles. The molecule has 2 nitrogen and oxygen atoms in total. The van der Waals surface area contributed by atoms with Crippen LogP contribution >= 0.6 is 11.8 Å². The van der Waals surface area contributed by atoms with Crippen molar-refractivity contribution in [2.75, 3.05) is 13.1 Å². The second-order valence-corrected chi connectivity index (χ2v) is 8.18. The van der Waals surface area contributed by atoms with Crippen LogP contribution in [0.5, 0.6) is 0 Å². The van der Waals surface area contributed by atoms with Crippen LogP contribution in [0.15, 0.2) is 23.4 Å². The van der Waals surface area contributed by atoms with Crippen LogP contribution in [-0.2, 0) is 0 Å². The van der Waals surface area contributed by atoms with E-state index in [0.29, 0.717) is 6.04 Å². The zero-order chi connectivity index (χ0) is 15.2. The zero-order valence-corrected chi connectivity index (χ0v) is 14.8. The maximum absolute atomic E-state index is 4.78. The molecular weight excluding hydrogens is 288 g/mol. The summed E-state index contributed by atoms with van der Waals surface area (Å²) in [6.07, 6.45) is 14.4. The number of pyridine rings is 1. The average Bonchev–Trinajstić information content (AvgIpc) is 2.58. The fourth-order valence-corrected chi connectivity index (χ4v) is 5.11. The molecule has 0 spiro atoms. The van der Waals surface area contributed by atoms with E-state index in [1.807, 2.05) is 11.8 Å². The summed E-state index contributed by atoms with van der Waals surface area (Å²) in [7, 11) is 0. The molecule has 3 heteroatoms. The lowest BCUT2D eigenvalue weighted by Gasteiger charge is -2.35. The Hall–Kier alpha value is -0.540. The SMILES string of the molecule is CCCN1CCCCC1c1ccc(SC2CCCCC2)nc1. The highest BCUT2D eigenvalue weighted by molar-refractivity contribution is 7.99. The van der Waals surface area contributed by atoms with Crippen molar-refractivity contribution in [3.63, 3.8) is 0 Å². The lowest BCUT2D eigenvalue weighted by Crippen LogP contribution is -2.34. The van der Waals surface area contributed by atoms with Gasteiger partial charge in [-0.1, -0.05) is 38.7 Å². The number of aromatic nitrogens is 1. The van der Waals surface area contributed by atoms with Gasteiger partial charge in [0.05, 0.1) is 5.03 Å². The Balaban J connectivity index is 1.62. The summed E-state index contributed by atoms with van der Waals surface area (Å²) >= 11 is 2.01. The van der Waals surface area contributed by atoms with Crippen LogP contribution in [0, 0.1) is 0 Å². The molecule has 1 aliphatic heterocycles. The van der Waals surface area contributed by atoms with Crippen molar-refractivity contribution in [2.45, 2.75) is 81.0 Å². The van der Waals surface area contributed by atoms with Gasteiger partial charge in [-0.25, -0.2) is 4.98 Å². The Labute approximate surface area is 140 Å². The highest BCUT2D eigenvalue weighted by Gasteiger charge is 2.23. The van der Waals surface area contributed by atoms with Gasteiger partial charge in [-0.2, -0.15) is 0 Å². The van der Waals surface area contributed by atoms with Gasteiger partial charge in [0, 0.05) is 17.5 Å². The number of rotatable bonds is 5. The third-order valence-corrected chi connectivity index (χ3v) is 6.40. The standard InChI is InChI=1S/C19H30N2S/c1-2-13-21-14-7-6-10-18(21)16-11-12-19(20-15-16)22-17-8-4-3-5-9-17/h11-12,15,17-18H,2-10,13-14H2,1H3. The number of thioether (sulfide) groups is 1. The minimum absolute atomic E-state index is 0.606. The van der Waals surface area contributed by atoms with Crippen molar-refractivity contribution in [3.05, 3.63) is 23.9 Å². The van der Waals surface area contributed by atoms with E-state index in [4.69, 9.17) is 4.98 Å². The second-order valence-electron chi connectivity index (χ2n) is 6.86. The number of likely N-dealkylation sites (tertiary alicyclic amines) is 1. The van der Waals surface area contributed by atoms with Crippen molar-refractivity contribution in [1.82, 2.24) is 9.88 Å². The fourth-order valence-electron chi connectivity index (χ4n) is 3.94. The van der Waals surface area contributed by atoms with Gasteiger partial charge in [-0.15, -0.1) is 11.8 Å². The number of hydrogen-bond donors (Lipinski definition) is 0. The highest BCUT2D eigenvalue weighted by atomic mass is 32.2. The first-order valence-electron chi connectivity index (χ1n) is 9.23. The van der Waals surface area contributed by atoms with Gasteiger partial charge < -0.3 is 0 Å². The smallest absolute Gasteiger partial charge is 0.0962 e. The molecule has 1 aromatic heterocycles. The molecule has 1 saturated heterocycles. The maximum Gasteiger partial charge on any atom is 0.0962 e. The predicted octanol–water partition coefficient (Wildman–Crippen LogP) is 5.44. The minimum atomic E-state index is 0.606. The molecule has 1 atom stereocenters. The summed E-state index contributed by atoms with van der Waals surface area (Å²) in [5.74, 6) is 0. The Kier molecular flexibility index (Phi) is 6.20. The Bertz CT molecular complexity index is 437. The average molecular weight is 319 g/mol. The van der Waals surface area contributed by atoms with Gasteiger partial charge in [0.2, 0.25) is 0 Å². The van der Waals surface area contributed by atoms with Gasteiger partial charge in [-0.05, 0) is 56.8 Å². The fraction of sp³-hybridized carbons (Fsp3) is 0.737. The highest BCUT2D eigenvalue weighted by Crippen LogP contribution is 2.34.